The molecule has 0 atom stereocenters. The Bertz CT molecular complexity index is 537. The van der Waals surface area contributed by atoms with Crippen LogP contribution in [0.25, 0.3) is 10.9 Å². The maximum atomic E-state index is 5.52. The van der Waals surface area contributed by atoms with Crippen molar-refractivity contribution in [2.45, 2.75) is 26.2 Å². The fraction of sp³-hybridized carbons (Fsp3) is 0.400. The van der Waals surface area contributed by atoms with Gasteiger partial charge in [0.2, 0.25) is 0 Å². The van der Waals surface area contributed by atoms with Crippen LogP contribution < -0.4 is 10.5 Å². The lowest BCUT2D eigenvalue weighted by molar-refractivity contribution is 0.419. The summed E-state index contributed by atoms with van der Waals surface area (Å²) in [5, 5.41) is 1.09. The lowest BCUT2D eigenvalue weighted by atomic mass is 10.0. The number of pyridine rings is 1. The summed E-state index contributed by atoms with van der Waals surface area (Å²) < 4.78 is 5.43. The van der Waals surface area contributed by atoms with Crippen molar-refractivity contribution >= 4 is 10.9 Å². The first kappa shape index (κ1) is 12.8. The molecule has 18 heavy (non-hydrogen) atoms. The molecule has 1 heterocycles. The van der Waals surface area contributed by atoms with E-state index < -0.39 is 0 Å². The summed E-state index contributed by atoms with van der Waals surface area (Å²) in [6.45, 7) is 2.74. The van der Waals surface area contributed by atoms with Gasteiger partial charge in [-0.2, -0.15) is 0 Å². The van der Waals surface area contributed by atoms with E-state index in [9.17, 15) is 0 Å². The summed E-state index contributed by atoms with van der Waals surface area (Å²) in [6.07, 6.45) is 3.26. The molecule has 3 heteroatoms. The molecule has 0 fully saturated rings. The summed E-state index contributed by atoms with van der Waals surface area (Å²) in [6, 6.07) is 8.37. The first-order valence-electron chi connectivity index (χ1n) is 6.39. The van der Waals surface area contributed by atoms with Crippen LogP contribution in [0.4, 0.5) is 0 Å². The van der Waals surface area contributed by atoms with Crippen LogP contribution in [0.5, 0.6) is 5.75 Å². The first-order chi connectivity index (χ1) is 8.74. The number of unbranched alkanes of at least 4 members (excludes halogenated alkanes) is 1. The first-order valence-corrected chi connectivity index (χ1v) is 6.39. The average molecular weight is 244 g/mol. The molecule has 0 amide bonds. The van der Waals surface area contributed by atoms with Gasteiger partial charge in [-0.3, -0.25) is 4.98 Å². The van der Waals surface area contributed by atoms with Gasteiger partial charge in [0.25, 0.3) is 0 Å². The lowest BCUT2D eigenvalue weighted by Gasteiger charge is -2.08. The molecule has 2 N–H and O–H groups in total. The highest BCUT2D eigenvalue weighted by Crippen LogP contribution is 2.26. The molecule has 0 bridgehead atoms. The Kier molecular flexibility index (Phi) is 4.15. The second-order valence-electron chi connectivity index (χ2n) is 4.56. The van der Waals surface area contributed by atoms with E-state index in [1.54, 1.807) is 7.11 Å². The molecule has 0 saturated heterocycles. The lowest BCUT2D eigenvalue weighted by Crippen LogP contribution is -1.99. The van der Waals surface area contributed by atoms with Crippen molar-refractivity contribution in [1.29, 1.82) is 0 Å². The molecule has 2 aromatic rings. The fourth-order valence-electron chi connectivity index (χ4n) is 2.17. The van der Waals surface area contributed by atoms with Crippen molar-refractivity contribution in [3.63, 3.8) is 0 Å². The Labute approximate surface area is 108 Å². The van der Waals surface area contributed by atoms with E-state index in [-0.39, 0.29) is 0 Å². The number of hydrogen-bond donors (Lipinski definition) is 1. The Morgan fingerprint density at radius 3 is 2.78 bits per heavy atom. The Morgan fingerprint density at radius 2 is 2.06 bits per heavy atom. The van der Waals surface area contributed by atoms with Gasteiger partial charge in [-0.25, -0.2) is 0 Å². The summed E-state index contributed by atoms with van der Waals surface area (Å²) in [7, 11) is 1.70. The van der Waals surface area contributed by atoms with Crippen LogP contribution in [0.1, 0.15) is 24.1 Å². The van der Waals surface area contributed by atoms with Gasteiger partial charge in [-0.15, -0.1) is 0 Å². The molecular formula is C15H20N2O. The third-order valence-corrected chi connectivity index (χ3v) is 3.10. The number of hydrogen-bond acceptors (Lipinski definition) is 3. The summed E-state index contributed by atoms with van der Waals surface area (Å²) in [5.41, 5.74) is 8.81. The molecule has 1 aromatic heterocycles. The number of benzene rings is 1. The number of aryl methyl sites for hydroxylation is 2. The number of fused-ring (bicyclic) bond motifs is 1. The van der Waals surface area contributed by atoms with Crippen molar-refractivity contribution in [3.8, 4) is 5.75 Å². The van der Waals surface area contributed by atoms with Crippen LogP contribution in [0.3, 0.4) is 0 Å². The van der Waals surface area contributed by atoms with Crippen LogP contribution in [0.15, 0.2) is 24.3 Å². The van der Waals surface area contributed by atoms with Gasteiger partial charge in [-0.05, 0) is 50.4 Å². The molecule has 0 unspecified atom stereocenters. The number of methoxy groups -OCH3 is 1. The second kappa shape index (κ2) is 5.83. The monoisotopic (exact) mass is 244 g/mol. The number of nitrogens with two attached hydrogens (primary N) is 1. The normalized spacial score (nSPS) is 10.8. The van der Waals surface area contributed by atoms with Gasteiger partial charge in [0.15, 0.2) is 0 Å². The fourth-order valence-corrected chi connectivity index (χ4v) is 2.17. The maximum Gasteiger partial charge on any atom is 0.130 e. The van der Waals surface area contributed by atoms with E-state index in [0.29, 0.717) is 0 Å². The SMILES string of the molecule is COc1cc(C)nc2ccc(CCCCN)cc12. The number of ether oxygens (including phenoxy) is 1. The molecule has 0 saturated carbocycles. The predicted molar refractivity (Wildman–Crippen MR) is 75.0 cm³/mol. The highest BCUT2D eigenvalue weighted by molar-refractivity contribution is 5.85. The van der Waals surface area contributed by atoms with E-state index in [1.165, 1.54) is 5.56 Å². The number of nitrogens with zero attached hydrogens (tertiary/aromatic N) is 1. The minimum atomic E-state index is 0.762. The van der Waals surface area contributed by atoms with E-state index >= 15 is 0 Å². The van der Waals surface area contributed by atoms with Gasteiger partial charge in [0.05, 0.1) is 12.6 Å². The summed E-state index contributed by atoms with van der Waals surface area (Å²) in [4.78, 5) is 4.52. The van der Waals surface area contributed by atoms with Gasteiger partial charge in [-0.1, -0.05) is 6.07 Å². The van der Waals surface area contributed by atoms with Crippen LogP contribution in [0, 0.1) is 6.92 Å². The van der Waals surface area contributed by atoms with Gasteiger partial charge in [0, 0.05) is 17.1 Å². The second-order valence-corrected chi connectivity index (χ2v) is 4.56. The summed E-state index contributed by atoms with van der Waals surface area (Å²) >= 11 is 0. The zero-order chi connectivity index (χ0) is 13.0. The zero-order valence-corrected chi connectivity index (χ0v) is 11.1. The number of rotatable bonds is 5. The minimum absolute atomic E-state index is 0.762. The Morgan fingerprint density at radius 1 is 1.22 bits per heavy atom. The van der Waals surface area contributed by atoms with Crippen LogP contribution >= 0.6 is 0 Å². The molecule has 0 radical (unpaired) electrons. The topological polar surface area (TPSA) is 48.1 Å². The smallest absolute Gasteiger partial charge is 0.130 e. The Balaban J connectivity index is 2.34. The molecule has 3 nitrogen and oxygen atoms in total. The van der Waals surface area contributed by atoms with Gasteiger partial charge in [0.1, 0.15) is 5.75 Å². The third-order valence-electron chi connectivity index (χ3n) is 3.10. The van der Waals surface area contributed by atoms with Crippen molar-refractivity contribution in [1.82, 2.24) is 4.98 Å². The van der Waals surface area contributed by atoms with Crippen LogP contribution in [-0.4, -0.2) is 18.6 Å². The van der Waals surface area contributed by atoms with E-state index in [2.05, 4.69) is 23.2 Å². The number of aromatic nitrogens is 1. The molecule has 0 aliphatic carbocycles. The standard InChI is InChI=1S/C15H20N2O/c1-11-9-15(18-2)13-10-12(5-3-4-8-16)6-7-14(13)17-11/h6-7,9-10H,3-5,8,16H2,1-2H3. The largest absolute Gasteiger partial charge is 0.496 e. The molecule has 0 aliphatic heterocycles. The maximum absolute atomic E-state index is 5.52. The molecule has 96 valence electrons. The molecule has 0 spiro atoms. The molecule has 0 aliphatic rings. The highest BCUT2D eigenvalue weighted by Gasteiger charge is 2.05. The van der Waals surface area contributed by atoms with Crippen molar-refractivity contribution < 1.29 is 4.74 Å². The predicted octanol–water partition coefficient (Wildman–Crippen LogP) is 2.83. The molecular weight excluding hydrogens is 224 g/mol. The van der Waals surface area contributed by atoms with E-state index in [0.717, 1.165) is 48.2 Å². The van der Waals surface area contributed by atoms with Crippen molar-refractivity contribution in [2.24, 2.45) is 5.73 Å². The average Bonchev–Trinajstić information content (AvgIpc) is 2.38. The Hall–Kier alpha value is -1.61. The van der Waals surface area contributed by atoms with E-state index in [4.69, 9.17) is 10.5 Å². The zero-order valence-electron chi connectivity index (χ0n) is 11.1. The van der Waals surface area contributed by atoms with E-state index in [1.807, 2.05) is 13.0 Å². The minimum Gasteiger partial charge on any atom is -0.496 e. The quantitative estimate of drug-likeness (QED) is 0.823. The van der Waals surface area contributed by atoms with Crippen molar-refractivity contribution in [2.75, 3.05) is 13.7 Å². The molecule has 2 rings (SSSR count). The third kappa shape index (κ3) is 2.79. The van der Waals surface area contributed by atoms with Gasteiger partial charge < -0.3 is 10.5 Å². The van der Waals surface area contributed by atoms with Crippen molar-refractivity contribution in [3.05, 3.63) is 35.5 Å². The highest BCUT2D eigenvalue weighted by atomic mass is 16.5. The molecule has 1 aromatic carbocycles. The van der Waals surface area contributed by atoms with Gasteiger partial charge >= 0.3 is 0 Å². The van der Waals surface area contributed by atoms with Crippen LogP contribution in [-0.2, 0) is 6.42 Å². The van der Waals surface area contributed by atoms with Crippen LogP contribution in [0.2, 0.25) is 0 Å². The summed E-state index contributed by atoms with van der Waals surface area (Å²) in [5.74, 6) is 0.901.